The van der Waals surface area contributed by atoms with E-state index in [4.69, 9.17) is 0 Å². The Morgan fingerprint density at radius 1 is 1.30 bits per heavy atom. The Labute approximate surface area is 116 Å². The number of hydrogen-bond donors (Lipinski definition) is 0. The van der Waals surface area contributed by atoms with E-state index in [0.717, 1.165) is 30.8 Å². The number of rotatable bonds is 3. The van der Waals surface area contributed by atoms with Gasteiger partial charge < -0.3 is 4.90 Å². The molecule has 0 bridgehead atoms. The van der Waals surface area contributed by atoms with Gasteiger partial charge in [-0.05, 0) is 30.5 Å². The molecule has 0 aromatic carbocycles. The highest BCUT2D eigenvalue weighted by Crippen LogP contribution is 2.34. The van der Waals surface area contributed by atoms with Crippen LogP contribution in [0.3, 0.4) is 0 Å². The van der Waals surface area contributed by atoms with Crippen molar-refractivity contribution in [3.8, 4) is 0 Å². The summed E-state index contributed by atoms with van der Waals surface area (Å²) >= 11 is 0. The van der Waals surface area contributed by atoms with Gasteiger partial charge in [0.1, 0.15) is 12.0 Å². The second kappa shape index (κ2) is 5.24. The van der Waals surface area contributed by atoms with Crippen molar-refractivity contribution in [2.45, 2.75) is 18.9 Å². The van der Waals surface area contributed by atoms with Gasteiger partial charge in [0.2, 0.25) is 0 Å². The summed E-state index contributed by atoms with van der Waals surface area (Å²) in [4.78, 5) is 20.8. The minimum Gasteiger partial charge on any atom is -0.350 e. The monoisotopic (exact) mass is 270 g/mol. The molecule has 2 aromatic heterocycles. The Morgan fingerprint density at radius 2 is 2.20 bits per heavy atom. The topological polar surface area (TPSA) is 72.2 Å². The quantitative estimate of drug-likeness (QED) is 0.633. The summed E-state index contributed by atoms with van der Waals surface area (Å²) in [5.74, 6) is 0.780. The molecule has 0 aliphatic carbocycles. The summed E-state index contributed by atoms with van der Waals surface area (Å²) in [7, 11) is 0. The summed E-state index contributed by atoms with van der Waals surface area (Å²) in [6.45, 7) is 0.907. The van der Waals surface area contributed by atoms with Crippen LogP contribution in [0.25, 0.3) is 0 Å². The Balaban J connectivity index is 1.87. The molecular formula is C14H14N4O2. The fraction of sp³-hybridized carbons (Fsp3) is 0.286. The van der Waals surface area contributed by atoms with E-state index in [2.05, 4.69) is 20.9 Å². The van der Waals surface area contributed by atoms with E-state index in [9.17, 15) is 10.1 Å². The molecule has 1 aliphatic heterocycles. The summed E-state index contributed by atoms with van der Waals surface area (Å²) in [6.07, 6.45) is 7.07. The number of nitrogens with zero attached hydrogens (tertiary/aromatic N) is 4. The lowest BCUT2D eigenvalue weighted by Gasteiger charge is -2.25. The Hall–Kier alpha value is -2.50. The maximum Gasteiger partial charge on any atom is 0.287 e. The molecule has 20 heavy (non-hydrogen) atoms. The highest BCUT2D eigenvalue weighted by Gasteiger charge is 2.27. The van der Waals surface area contributed by atoms with Crippen molar-refractivity contribution in [1.82, 2.24) is 9.97 Å². The SMILES string of the molecule is O=[N+]([O-])c1ccc(N2CCCC2c2cccnc2)nc1. The average molecular weight is 270 g/mol. The highest BCUT2D eigenvalue weighted by molar-refractivity contribution is 5.46. The molecule has 3 rings (SSSR count). The molecule has 0 saturated carbocycles. The fourth-order valence-electron chi connectivity index (χ4n) is 2.62. The lowest BCUT2D eigenvalue weighted by atomic mass is 10.1. The van der Waals surface area contributed by atoms with E-state index < -0.39 is 4.92 Å². The maximum absolute atomic E-state index is 10.7. The van der Waals surface area contributed by atoms with Crippen LogP contribution in [0.2, 0.25) is 0 Å². The van der Waals surface area contributed by atoms with Crippen molar-refractivity contribution in [3.63, 3.8) is 0 Å². The van der Waals surface area contributed by atoms with Gasteiger partial charge in [-0.3, -0.25) is 15.1 Å². The maximum atomic E-state index is 10.7. The first-order chi connectivity index (χ1) is 9.75. The van der Waals surface area contributed by atoms with E-state index in [0.29, 0.717) is 0 Å². The van der Waals surface area contributed by atoms with Crippen molar-refractivity contribution in [3.05, 3.63) is 58.5 Å². The van der Waals surface area contributed by atoms with Gasteiger partial charge >= 0.3 is 0 Å². The zero-order valence-electron chi connectivity index (χ0n) is 10.8. The smallest absolute Gasteiger partial charge is 0.287 e. The summed E-state index contributed by atoms with van der Waals surface area (Å²) in [6, 6.07) is 7.45. The number of aromatic nitrogens is 2. The van der Waals surface area contributed by atoms with Crippen molar-refractivity contribution in [2.24, 2.45) is 0 Å². The van der Waals surface area contributed by atoms with Crippen LogP contribution in [0, 0.1) is 10.1 Å². The van der Waals surface area contributed by atoms with E-state index in [-0.39, 0.29) is 11.7 Å². The molecule has 0 N–H and O–H groups in total. The van der Waals surface area contributed by atoms with Crippen LogP contribution in [0.15, 0.2) is 42.9 Å². The first-order valence-electron chi connectivity index (χ1n) is 6.53. The number of hydrogen-bond acceptors (Lipinski definition) is 5. The molecule has 102 valence electrons. The van der Waals surface area contributed by atoms with Gasteiger partial charge in [-0.1, -0.05) is 6.07 Å². The third-order valence-corrected chi connectivity index (χ3v) is 3.56. The minimum absolute atomic E-state index is 0.0193. The molecule has 0 amide bonds. The molecule has 1 unspecified atom stereocenters. The Bertz CT molecular complexity index is 600. The predicted octanol–water partition coefficient (Wildman–Crippen LogP) is 2.73. The van der Waals surface area contributed by atoms with E-state index in [1.807, 2.05) is 12.3 Å². The predicted molar refractivity (Wildman–Crippen MR) is 74.4 cm³/mol. The van der Waals surface area contributed by atoms with Gasteiger partial charge in [0, 0.05) is 25.0 Å². The van der Waals surface area contributed by atoms with Crippen molar-refractivity contribution in [1.29, 1.82) is 0 Å². The van der Waals surface area contributed by atoms with Gasteiger partial charge in [0.05, 0.1) is 11.0 Å². The van der Waals surface area contributed by atoms with E-state index >= 15 is 0 Å². The second-order valence-corrected chi connectivity index (χ2v) is 4.77. The number of anilines is 1. The van der Waals surface area contributed by atoms with Gasteiger partial charge in [0.15, 0.2) is 0 Å². The first-order valence-corrected chi connectivity index (χ1v) is 6.53. The largest absolute Gasteiger partial charge is 0.350 e. The summed E-state index contributed by atoms with van der Waals surface area (Å²) < 4.78 is 0. The summed E-state index contributed by atoms with van der Waals surface area (Å²) in [5.41, 5.74) is 1.18. The Morgan fingerprint density at radius 3 is 2.85 bits per heavy atom. The molecule has 6 heteroatoms. The van der Waals surface area contributed by atoms with E-state index in [1.54, 1.807) is 12.3 Å². The normalized spacial score (nSPS) is 18.2. The third kappa shape index (κ3) is 2.32. The molecule has 0 radical (unpaired) electrons. The molecule has 2 aromatic rings. The van der Waals surface area contributed by atoms with Crippen LogP contribution >= 0.6 is 0 Å². The van der Waals surface area contributed by atoms with E-state index in [1.165, 1.54) is 12.3 Å². The van der Waals surface area contributed by atoms with Gasteiger partial charge in [-0.2, -0.15) is 0 Å². The van der Waals surface area contributed by atoms with Crippen LogP contribution in [-0.2, 0) is 0 Å². The molecule has 1 atom stereocenters. The first kappa shape index (κ1) is 12.5. The zero-order chi connectivity index (χ0) is 13.9. The number of nitro groups is 1. The molecule has 1 saturated heterocycles. The molecular weight excluding hydrogens is 256 g/mol. The number of pyridine rings is 2. The molecule has 1 aliphatic rings. The molecule has 6 nitrogen and oxygen atoms in total. The van der Waals surface area contributed by atoms with Crippen LogP contribution in [0.4, 0.5) is 11.5 Å². The Kier molecular flexibility index (Phi) is 3.28. The van der Waals surface area contributed by atoms with Crippen molar-refractivity contribution in [2.75, 3.05) is 11.4 Å². The minimum atomic E-state index is -0.431. The third-order valence-electron chi connectivity index (χ3n) is 3.56. The van der Waals surface area contributed by atoms with Gasteiger partial charge in [0.25, 0.3) is 5.69 Å². The van der Waals surface area contributed by atoms with Crippen LogP contribution in [0.5, 0.6) is 0 Å². The fourth-order valence-corrected chi connectivity index (χ4v) is 2.62. The lowest BCUT2D eigenvalue weighted by Crippen LogP contribution is -2.23. The molecule has 3 heterocycles. The van der Waals surface area contributed by atoms with Crippen molar-refractivity contribution < 1.29 is 4.92 Å². The van der Waals surface area contributed by atoms with Gasteiger partial charge in [-0.15, -0.1) is 0 Å². The second-order valence-electron chi connectivity index (χ2n) is 4.77. The van der Waals surface area contributed by atoms with Crippen LogP contribution < -0.4 is 4.90 Å². The van der Waals surface area contributed by atoms with Crippen LogP contribution in [-0.4, -0.2) is 21.4 Å². The lowest BCUT2D eigenvalue weighted by molar-refractivity contribution is -0.385. The standard InChI is InChI=1S/C14H14N4O2/c19-18(20)12-5-6-14(16-10-12)17-8-2-4-13(17)11-3-1-7-15-9-11/h1,3,5-7,9-10,13H,2,4,8H2. The molecule has 1 fully saturated rings. The van der Waals surface area contributed by atoms with Gasteiger partial charge in [-0.25, -0.2) is 4.98 Å². The molecule has 0 spiro atoms. The average Bonchev–Trinajstić information content (AvgIpc) is 2.97. The highest BCUT2D eigenvalue weighted by atomic mass is 16.6. The van der Waals surface area contributed by atoms with Crippen LogP contribution in [0.1, 0.15) is 24.4 Å². The van der Waals surface area contributed by atoms with Crippen molar-refractivity contribution >= 4 is 11.5 Å². The zero-order valence-corrected chi connectivity index (χ0v) is 10.8. The summed E-state index contributed by atoms with van der Waals surface area (Å²) in [5, 5.41) is 10.7.